The summed E-state index contributed by atoms with van der Waals surface area (Å²) in [4.78, 5) is 7.64. The van der Waals surface area contributed by atoms with Crippen LogP contribution in [-0.2, 0) is 13.2 Å². The van der Waals surface area contributed by atoms with Gasteiger partial charge in [0.25, 0.3) is 0 Å². The highest BCUT2D eigenvalue weighted by molar-refractivity contribution is 7.22. The molecule has 1 fully saturated rings. The van der Waals surface area contributed by atoms with Crippen LogP contribution in [0.25, 0.3) is 26.0 Å². The number of thiophene rings is 1. The van der Waals surface area contributed by atoms with Crippen molar-refractivity contribution in [1.29, 1.82) is 0 Å². The van der Waals surface area contributed by atoms with E-state index in [-0.39, 0.29) is 6.61 Å². The number of nitrogen functional groups attached to an aromatic ring is 1. The molecule has 0 aliphatic carbocycles. The molecule has 4 aromatic rings. The van der Waals surface area contributed by atoms with Gasteiger partial charge in [-0.1, -0.05) is 6.07 Å². The van der Waals surface area contributed by atoms with Gasteiger partial charge in [-0.25, -0.2) is 9.50 Å². The molecule has 31 heavy (non-hydrogen) atoms. The van der Waals surface area contributed by atoms with Crippen molar-refractivity contribution < 1.29 is 9.84 Å². The number of hydrogen-bond acceptors (Lipinski definition) is 8. The number of nitrogens with zero attached hydrogens (tertiary/aromatic N) is 4. The fraction of sp³-hybridized carbons (Fsp3) is 0.364. The fourth-order valence-corrected chi connectivity index (χ4v) is 5.65. The van der Waals surface area contributed by atoms with Crippen molar-refractivity contribution >= 4 is 32.8 Å². The van der Waals surface area contributed by atoms with Gasteiger partial charge in [-0.3, -0.25) is 4.90 Å². The number of hydrogen-bond donors (Lipinski definition) is 3. The van der Waals surface area contributed by atoms with Crippen molar-refractivity contribution in [2.45, 2.75) is 20.1 Å². The zero-order chi connectivity index (χ0) is 21.5. The third-order valence-corrected chi connectivity index (χ3v) is 7.08. The number of aromatic nitrogens is 3. The average molecular weight is 439 g/mol. The Morgan fingerprint density at radius 3 is 2.81 bits per heavy atom. The van der Waals surface area contributed by atoms with Gasteiger partial charge < -0.3 is 20.9 Å². The minimum absolute atomic E-state index is 0.0933. The summed E-state index contributed by atoms with van der Waals surface area (Å²) in [7, 11) is 1.69. The van der Waals surface area contributed by atoms with Crippen LogP contribution in [0.4, 0.5) is 5.82 Å². The van der Waals surface area contributed by atoms with E-state index in [4.69, 9.17) is 10.5 Å². The van der Waals surface area contributed by atoms with Crippen LogP contribution in [-0.4, -0.2) is 57.9 Å². The van der Waals surface area contributed by atoms with Crippen LogP contribution < -0.4 is 15.8 Å². The molecule has 1 aliphatic heterocycles. The molecule has 0 spiro atoms. The molecule has 0 bridgehead atoms. The lowest BCUT2D eigenvalue weighted by molar-refractivity contribution is 0.225. The normalized spacial score (nSPS) is 15.2. The maximum Gasteiger partial charge on any atom is 0.152 e. The Hall–Kier alpha value is -2.72. The van der Waals surface area contributed by atoms with Gasteiger partial charge in [0.15, 0.2) is 5.82 Å². The first kappa shape index (κ1) is 20.2. The van der Waals surface area contributed by atoms with E-state index < -0.39 is 0 Å². The summed E-state index contributed by atoms with van der Waals surface area (Å²) < 4.78 is 8.56. The standard InChI is InChI=1S/C22H26N6O2S/c1-13-7-14-9-18(31-21(14)17(8-13)30-2)19-15(11-29)16(10-27-5-3-24-4-6-27)28-20(19)22(23)25-12-26-28/h7-9,12,24,29H,3-6,10-11H2,1-2H3,(H2,23,25,26). The molecule has 4 N–H and O–H groups in total. The van der Waals surface area contributed by atoms with Crippen LogP contribution in [0.1, 0.15) is 16.8 Å². The number of rotatable bonds is 5. The molecular weight excluding hydrogens is 412 g/mol. The maximum absolute atomic E-state index is 10.4. The second-order valence-corrected chi connectivity index (χ2v) is 8.94. The molecule has 0 saturated carbocycles. The molecular formula is C22H26N6O2S. The van der Waals surface area contributed by atoms with Gasteiger partial charge in [0, 0.05) is 48.7 Å². The molecule has 162 valence electrons. The SMILES string of the molecule is COc1cc(C)cc2cc(-c3c(CO)c(CN4CCNCC4)n4ncnc(N)c34)sc12. The summed E-state index contributed by atoms with van der Waals surface area (Å²) in [5.74, 6) is 1.26. The van der Waals surface area contributed by atoms with Gasteiger partial charge in [-0.15, -0.1) is 11.3 Å². The first-order valence-electron chi connectivity index (χ1n) is 10.4. The predicted octanol–water partition coefficient (Wildman–Crippen LogP) is 2.41. The largest absolute Gasteiger partial charge is 0.495 e. The topological polar surface area (TPSA) is 101 Å². The van der Waals surface area contributed by atoms with Crippen molar-refractivity contribution in [3.8, 4) is 16.2 Å². The lowest BCUT2D eigenvalue weighted by atomic mass is 10.1. The summed E-state index contributed by atoms with van der Waals surface area (Å²) in [5.41, 5.74) is 11.0. The minimum atomic E-state index is -0.0933. The van der Waals surface area contributed by atoms with Crippen LogP contribution in [0.2, 0.25) is 0 Å². The van der Waals surface area contributed by atoms with Crippen molar-refractivity contribution in [3.05, 3.63) is 41.3 Å². The Morgan fingerprint density at radius 2 is 2.06 bits per heavy atom. The Labute approximate surface area is 184 Å². The summed E-state index contributed by atoms with van der Waals surface area (Å²) in [6.07, 6.45) is 1.48. The monoisotopic (exact) mass is 438 g/mol. The molecule has 0 unspecified atom stereocenters. The fourth-order valence-electron chi connectivity index (χ4n) is 4.44. The van der Waals surface area contributed by atoms with Crippen LogP contribution >= 0.6 is 11.3 Å². The van der Waals surface area contributed by atoms with Crippen molar-refractivity contribution in [1.82, 2.24) is 24.8 Å². The lowest BCUT2D eigenvalue weighted by Gasteiger charge is -2.27. The molecule has 0 atom stereocenters. The van der Waals surface area contributed by atoms with E-state index in [1.807, 2.05) is 10.6 Å². The second kappa shape index (κ2) is 8.08. The van der Waals surface area contributed by atoms with Gasteiger partial charge in [-0.2, -0.15) is 5.10 Å². The number of fused-ring (bicyclic) bond motifs is 2. The number of nitrogens with one attached hydrogen (secondary N) is 1. The van der Waals surface area contributed by atoms with Gasteiger partial charge in [0.05, 0.1) is 24.1 Å². The average Bonchev–Trinajstić information content (AvgIpc) is 3.33. The van der Waals surface area contributed by atoms with Crippen LogP contribution in [0, 0.1) is 6.92 Å². The van der Waals surface area contributed by atoms with Gasteiger partial charge in [0.1, 0.15) is 17.6 Å². The van der Waals surface area contributed by atoms with Crippen molar-refractivity contribution in [2.75, 3.05) is 39.0 Å². The van der Waals surface area contributed by atoms with Crippen LogP contribution in [0.15, 0.2) is 24.5 Å². The Balaban J connectivity index is 1.74. The van der Waals surface area contributed by atoms with Crippen molar-refractivity contribution in [2.24, 2.45) is 0 Å². The first-order chi connectivity index (χ1) is 15.1. The molecule has 8 nitrogen and oxygen atoms in total. The second-order valence-electron chi connectivity index (χ2n) is 7.89. The lowest BCUT2D eigenvalue weighted by Crippen LogP contribution is -2.43. The highest BCUT2D eigenvalue weighted by Gasteiger charge is 2.25. The molecule has 5 rings (SSSR count). The van der Waals surface area contributed by atoms with E-state index in [1.54, 1.807) is 18.4 Å². The van der Waals surface area contributed by atoms with Gasteiger partial charge >= 0.3 is 0 Å². The maximum atomic E-state index is 10.4. The quantitative estimate of drug-likeness (QED) is 0.440. The highest BCUT2D eigenvalue weighted by atomic mass is 32.1. The Kier molecular flexibility index (Phi) is 5.27. The molecule has 1 aromatic carbocycles. The van der Waals surface area contributed by atoms with Gasteiger partial charge in [-0.05, 0) is 30.0 Å². The molecule has 3 aromatic heterocycles. The molecule has 1 saturated heterocycles. The van der Waals surface area contributed by atoms with Crippen LogP contribution in [0.5, 0.6) is 5.75 Å². The minimum Gasteiger partial charge on any atom is -0.495 e. The number of ether oxygens (including phenoxy) is 1. The van der Waals surface area contributed by atoms with E-state index in [0.29, 0.717) is 12.4 Å². The number of aliphatic hydroxyl groups is 1. The Bertz CT molecular complexity index is 1260. The third kappa shape index (κ3) is 3.43. The summed E-state index contributed by atoms with van der Waals surface area (Å²) in [6.45, 7) is 6.48. The highest BCUT2D eigenvalue weighted by Crippen LogP contribution is 2.44. The van der Waals surface area contributed by atoms with Gasteiger partial charge in [0.2, 0.25) is 0 Å². The predicted molar refractivity (Wildman–Crippen MR) is 124 cm³/mol. The first-order valence-corrected chi connectivity index (χ1v) is 11.2. The third-order valence-electron chi connectivity index (χ3n) is 5.89. The van der Waals surface area contributed by atoms with E-state index in [1.165, 1.54) is 6.33 Å². The molecule has 9 heteroatoms. The van der Waals surface area contributed by atoms with E-state index in [9.17, 15) is 5.11 Å². The summed E-state index contributed by atoms with van der Waals surface area (Å²) >= 11 is 1.64. The number of nitrogens with two attached hydrogens (primary N) is 1. The molecule has 0 amide bonds. The molecule has 0 radical (unpaired) electrons. The Morgan fingerprint density at radius 1 is 1.26 bits per heavy atom. The summed E-state index contributed by atoms with van der Waals surface area (Å²) in [5, 5.41) is 19.5. The summed E-state index contributed by atoms with van der Waals surface area (Å²) in [6, 6.07) is 6.34. The number of aryl methyl sites for hydroxylation is 1. The zero-order valence-corrected chi connectivity index (χ0v) is 18.5. The zero-order valence-electron chi connectivity index (χ0n) is 17.7. The number of aliphatic hydroxyl groups excluding tert-OH is 1. The number of benzene rings is 1. The van der Waals surface area contributed by atoms with E-state index in [2.05, 4.69) is 39.4 Å². The number of methoxy groups -OCH3 is 1. The van der Waals surface area contributed by atoms with E-state index >= 15 is 0 Å². The number of anilines is 1. The number of piperazine rings is 1. The molecule has 1 aliphatic rings. The molecule has 4 heterocycles. The smallest absolute Gasteiger partial charge is 0.152 e. The van der Waals surface area contributed by atoms with Crippen LogP contribution in [0.3, 0.4) is 0 Å². The van der Waals surface area contributed by atoms with Crippen molar-refractivity contribution in [3.63, 3.8) is 0 Å². The van der Waals surface area contributed by atoms with E-state index in [0.717, 1.165) is 74.8 Å².